The Labute approximate surface area is 92.6 Å². The largest absolute Gasteiger partial charge is 0.372 e. The van der Waals surface area contributed by atoms with E-state index < -0.39 is 0 Å². The van der Waals surface area contributed by atoms with Gasteiger partial charge in [-0.1, -0.05) is 20.3 Å². The number of hydrogen-bond acceptors (Lipinski definition) is 2. The molecule has 0 aromatic heterocycles. The second-order valence-corrected chi connectivity index (χ2v) is 4.54. The van der Waals surface area contributed by atoms with E-state index >= 15 is 0 Å². The molecule has 0 unspecified atom stereocenters. The average molecular weight is 213 g/mol. The topological polar surface area (TPSA) is 38.3 Å². The van der Waals surface area contributed by atoms with Crippen LogP contribution in [0.3, 0.4) is 0 Å². The highest BCUT2D eigenvalue weighted by atomic mass is 16.5. The molecule has 1 fully saturated rings. The molecule has 0 radical (unpaired) electrons. The normalized spacial score (nSPS) is 18.3. The molecule has 0 heterocycles. The lowest BCUT2D eigenvalue weighted by molar-refractivity contribution is -0.126. The van der Waals surface area contributed by atoms with Crippen molar-refractivity contribution in [3.05, 3.63) is 0 Å². The summed E-state index contributed by atoms with van der Waals surface area (Å²) in [5.74, 6) is 0.0307. The SMILES string of the molecule is CCCOCC(=O)NCC1(CC)CCC1. The van der Waals surface area contributed by atoms with Gasteiger partial charge < -0.3 is 10.1 Å². The van der Waals surface area contributed by atoms with E-state index in [-0.39, 0.29) is 12.5 Å². The summed E-state index contributed by atoms with van der Waals surface area (Å²) in [4.78, 5) is 11.4. The average Bonchev–Trinajstić information content (AvgIpc) is 2.17. The summed E-state index contributed by atoms with van der Waals surface area (Å²) < 4.78 is 5.18. The highest BCUT2D eigenvalue weighted by molar-refractivity contribution is 5.77. The first-order valence-electron chi connectivity index (χ1n) is 6.07. The fraction of sp³-hybridized carbons (Fsp3) is 0.917. The van der Waals surface area contributed by atoms with Gasteiger partial charge in [-0.2, -0.15) is 0 Å². The highest BCUT2D eigenvalue weighted by Gasteiger charge is 2.34. The van der Waals surface area contributed by atoms with Crippen LogP contribution in [0.5, 0.6) is 0 Å². The number of amides is 1. The van der Waals surface area contributed by atoms with E-state index in [9.17, 15) is 4.79 Å². The fourth-order valence-electron chi connectivity index (χ4n) is 1.98. The van der Waals surface area contributed by atoms with Gasteiger partial charge in [0.15, 0.2) is 0 Å². The molecule has 0 bridgehead atoms. The predicted molar refractivity (Wildman–Crippen MR) is 60.7 cm³/mol. The van der Waals surface area contributed by atoms with Gasteiger partial charge in [-0.25, -0.2) is 0 Å². The molecule has 0 aromatic rings. The van der Waals surface area contributed by atoms with E-state index in [1.165, 1.54) is 25.7 Å². The van der Waals surface area contributed by atoms with Crippen molar-refractivity contribution in [2.24, 2.45) is 5.41 Å². The van der Waals surface area contributed by atoms with Gasteiger partial charge in [0, 0.05) is 13.2 Å². The molecule has 1 amide bonds. The molecule has 88 valence electrons. The zero-order chi connectivity index (χ0) is 11.1. The third kappa shape index (κ3) is 3.82. The third-order valence-corrected chi connectivity index (χ3v) is 3.41. The lowest BCUT2D eigenvalue weighted by atomic mass is 9.67. The molecular weight excluding hydrogens is 190 g/mol. The van der Waals surface area contributed by atoms with Gasteiger partial charge in [-0.3, -0.25) is 4.79 Å². The monoisotopic (exact) mass is 213 g/mol. The summed E-state index contributed by atoms with van der Waals surface area (Å²) in [6.45, 7) is 5.97. The van der Waals surface area contributed by atoms with Crippen molar-refractivity contribution < 1.29 is 9.53 Å². The van der Waals surface area contributed by atoms with Gasteiger partial charge in [-0.15, -0.1) is 0 Å². The zero-order valence-corrected chi connectivity index (χ0v) is 9.97. The quantitative estimate of drug-likeness (QED) is 0.658. The van der Waals surface area contributed by atoms with Gasteiger partial charge in [0.2, 0.25) is 5.91 Å². The van der Waals surface area contributed by atoms with Crippen LogP contribution in [-0.4, -0.2) is 25.7 Å². The Bertz CT molecular complexity index is 194. The van der Waals surface area contributed by atoms with Crippen LogP contribution >= 0.6 is 0 Å². The smallest absolute Gasteiger partial charge is 0.246 e. The Kier molecular flexibility index (Phi) is 5.09. The zero-order valence-electron chi connectivity index (χ0n) is 9.97. The fourth-order valence-corrected chi connectivity index (χ4v) is 1.98. The van der Waals surface area contributed by atoms with Crippen LogP contribution in [0.25, 0.3) is 0 Å². The van der Waals surface area contributed by atoms with Gasteiger partial charge in [0.05, 0.1) is 0 Å². The van der Waals surface area contributed by atoms with Gasteiger partial charge >= 0.3 is 0 Å². The molecule has 0 aliphatic heterocycles. The van der Waals surface area contributed by atoms with Crippen LogP contribution in [-0.2, 0) is 9.53 Å². The van der Waals surface area contributed by atoms with Crippen molar-refractivity contribution in [1.29, 1.82) is 0 Å². The molecule has 3 nitrogen and oxygen atoms in total. The standard InChI is InChI=1S/C12H23NO2/c1-3-8-15-9-11(14)13-10-12(4-2)6-5-7-12/h3-10H2,1-2H3,(H,13,14). The second-order valence-electron chi connectivity index (χ2n) is 4.54. The first-order valence-corrected chi connectivity index (χ1v) is 6.07. The Morgan fingerprint density at radius 1 is 1.40 bits per heavy atom. The van der Waals surface area contributed by atoms with Crippen molar-refractivity contribution in [2.45, 2.75) is 46.0 Å². The summed E-state index contributed by atoms with van der Waals surface area (Å²) in [7, 11) is 0. The molecule has 1 N–H and O–H groups in total. The molecule has 1 saturated carbocycles. The predicted octanol–water partition coefficient (Wildman–Crippen LogP) is 2.11. The third-order valence-electron chi connectivity index (χ3n) is 3.41. The molecular formula is C12H23NO2. The lowest BCUT2D eigenvalue weighted by Crippen LogP contribution is -2.42. The Morgan fingerprint density at radius 2 is 2.13 bits per heavy atom. The summed E-state index contributed by atoms with van der Waals surface area (Å²) >= 11 is 0. The van der Waals surface area contributed by atoms with E-state index in [1.54, 1.807) is 0 Å². The Hall–Kier alpha value is -0.570. The minimum atomic E-state index is 0.0307. The number of ether oxygens (including phenoxy) is 1. The molecule has 1 aliphatic rings. The number of carbonyl (C=O) groups excluding carboxylic acids is 1. The van der Waals surface area contributed by atoms with Gasteiger partial charge in [0.1, 0.15) is 6.61 Å². The summed E-state index contributed by atoms with van der Waals surface area (Å²) in [5, 5.41) is 2.97. The van der Waals surface area contributed by atoms with Crippen LogP contribution in [0.4, 0.5) is 0 Å². The van der Waals surface area contributed by atoms with Crippen LogP contribution in [0.2, 0.25) is 0 Å². The summed E-state index contributed by atoms with van der Waals surface area (Å²) in [5.41, 5.74) is 0.403. The number of rotatable bonds is 7. The minimum absolute atomic E-state index is 0.0307. The maximum atomic E-state index is 11.4. The molecule has 0 aromatic carbocycles. The van der Waals surface area contributed by atoms with E-state index in [1.807, 2.05) is 6.92 Å². The molecule has 3 heteroatoms. The van der Waals surface area contributed by atoms with Crippen molar-refractivity contribution in [3.8, 4) is 0 Å². The van der Waals surface area contributed by atoms with Crippen LogP contribution in [0, 0.1) is 5.41 Å². The van der Waals surface area contributed by atoms with E-state index in [0.29, 0.717) is 12.0 Å². The molecule has 0 spiro atoms. The van der Waals surface area contributed by atoms with Crippen LogP contribution < -0.4 is 5.32 Å². The van der Waals surface area contributed by atoms with Crippen LogP contribution in [0.1, 0.15) is 46.0 Å². The van der Waals surface area contributed by atoms with Crippen molar-refractivity contribution in [2.75, 3.05) is 19.8 Å². The molecule has 15 heavy (non-hydrogen) atoms. The van der Waals surface area contributed by atoms with E-state index in [0.717, 1.165) is 13.0 Å². The van der Waals surface area contributed by atoms with Gasteiger partial charge in [-0.05, 0) is 31.1 Å². The number of hydrogen-bond donors (Lipinski definition) is 1. The Morgan fingerprint density at radius 3 is 2.60 bits per heavy atom. The molecule has 0 saturated heterocycles. The van der Waals surface area contributed by atoms with E-state index in [2.05, 4.69) is 12.2 Å². The minimum Gasteiger partial charge on any atom is -0.372 e. The van der Waals surface area contributed by atoms with Crippen molar-refractivity contribution in [1.82, 2.24) is 5.32 Å². The van der Waals surface area contributed by atoms with Crippen LogP contribution in [0.15, 0.2) is 0 Å². The maximum absolute atomic E-state index is 11.4. The Balaban J connectivity index is 2.10. The van der Waals surface area contributed by atoms with Crippen molar-refractivity contribution in [3.63, 3.8) is 0 Å². The first-order chi connectivity index (χ1) is 7.22. The first kappa shape index (κ1) is 12.5. The van der Waals surface area contributed by atoms with Crippen molar-refractivity contribution >= 4 is 5.91 Å². The van der Waals surface area contributed by atoms with E-state index in [4.69, 9.17) is 4.74 Å². The number of carbonyl (C=O) groups is 1. The maximum Gasteiger partial charge on any atom is 0.246 e. The second kappa shape index (κ2) is 6.11. The molecule has 0 atom stereocenters. The highest BCUT2D eigenvalue weighted by Crippen LogP contribution is 2.42. The molecule has 1 rings (SSSR count). The molecule has 1 aliphatic carbocycles. The summed E-state index contributed by atoms with van der Waals surface area (Å²) in [6.07, 6.45) is 5.98. The lowest BCUT2D eigenvalue weighted by Gasteiger charge is -2.41. The van der Waals surface area contributed by atoms with Gasteiger partial charge in [0.25, 0.3) is 0 Å². The summed E-state index contributed by atoms with van der Waals surface area (Å²) in [6, 6.07) is 0. The number of nitrogens with one attached hydrogen (secondary N) is 1.